The van der Waals surface area contributed by atoms with Gasteiger partial charge in [0, 0.05) is 5.92 Å². The summed E-state index contributed by atoms with van der Waals surface area (Å²) in [4.78, 5) is 0. The molecule has 0 heterocycles. The van der Waals surface area contributed by atoms with Crippen molar-refractivity contribution in [2.75, 3.05) is 0 Å². The van der Waals surface area contributed by atoms with Crippen molar-refractivity contribution in [3.05, 3.63) is 221 Å². The lowest BCUT2D eigenvalue weighted by molar-refractivity contribution is 0.894. The summed E-state index contributed by atoms with van der Waals surface area (Å²) >= 11 is 0. The van der Waals surface area contributed by atoms with E-state index in [4.69, 9.17) is 0 Å². The molecular formula is C54H36. The highest BCUT2D eigenvalue weighted by atomic mass is 14.4. The molecule has 0 spiro atoms. The van der Waals surface area contributed by atoms with Crippen LogP contribution in [0, 0.1) is 0 Å². The topological polar surface area (TPSA) is 0 Å². The minimum atomic E-state index is 0.329. The Labute approximate surface area is 316 Å². The van der Waals surface area contributed by atoms with Crippen LogP contribution < -0.4 is 0 Å². The van der Waals surface area contributed by atoms with Crippen LogP contribution in [-0.2, 0) is 6.42 Å². The average molecular weight is 685 g/mol. The SMILES string of the molecule is C1=CC2=CCc3c(-c4c5ccccc5c(-c5ccc(C=Cc6ccc(-c7ccccc7)c7ccccc67)cc5)c5ccccc45)ccc4c3C2C(=C1)C=C4. The Morgan fingerprint density at radius 3 is 1.83 bits per heavy atom. The Balaban J connectivity index is 1.01. The predicted octanol–water partition coefficient (Wildman–Crippen LogP) is 14.4. The van der Waals surface area contributed by atoms with Crippen molar-refractivity contribution < 1.29 is 0 Å². The largest absolute Gasteiger partial charge is 0.0759 e. The van der Waals surface area contributed by atoms with Crippen LogP contribution in [0.4, 0.5) is 0 Å². The van der Waals surface area contributed by atoms with Gasteiger partial charge >= 0.3 is 0 Å². The second-order valence-electron chi connectivity index (χ2n) is 14.7. The summed E-state index contributed by atoms with van der Waals surface area (Å²) in [5.74, 6) is 0.329. The fraction of sp³-hybridized carbons (Fsp3) is 0.0370. The van der Waals surface area contributed by atoms with E-state index in [2.05, 4.69) is 200 Å². The highest BCUT2D eigenvalue weighted by Gasteiger charge is 2.32. The van der Waals surface area contributed by atoms with Crippen LogP contribution in [0.15, 0.2) is 193 Å². The zero-order chi connectivity index (χ0) is 35.6. The Kier molecular flexibility index (Phi) is 7.10. The molecule has 54 heavy (non-hydrogen) atoms. The third kappa shape index (κ3) is 4.84. The quantitative estimate of drug-likeness (QED) is 0.125. The van der Waals surface area contributed by atoms with E-state index in [1.54, 1.807) is 0 Å². The van der Waals surface area contributed by atoms with E-state index < -0.39 is 0 Å². The van der Waals surface area contributed by atoms with Gasteiger partial charge in [0.05, 0.1) is 0 Å². The van der Waals surface area contributed by atoms with Crippen LogP contribution in [0.5, 0.6) is 0 Å². The molecule has 0 bridgehead atoms. The van der Waals surface area contributed by atoms with Gasteiger partial charge in [-0.15, -0.1) is 0 Å². The molecule has 3 aliphatic rings. The van der Waals surface area contributed by atoms with E-state index in [0.717, 1.165) is 6.42 Å². The molecule has 8 aromatic rings. The number of allylic oxidation sites excluding steroid dienone is 7. The van der Waals surface area contributed by atoms with E-state index >= 15 is 0 Å². The molecule has 0 N–H and O–H groups in total. The molecule has 11 rings (SSSR count). The zero-order valence-corrected chi connectivity index (χ0v) is 29.8. The first kappa shape index (κ1) is 30.8. The van der Waals surface area contributed by atoms with E-state index in [-0.39, 0.29) is 0 Å². The molecular weight excluding hydrogens is 649 g/mol. The lowest BCUT2D eigenvalue weighted by atomic mass is 9.69. The molecule has 0 radical (unpaired) electrons. The Bertz CT molecular complexity index is 2920. The molecule has 0 fully saturated rings. The van der Waals surface area contributed by atoms with Crippen molar-refractivity contribution in [3.8, 4) is 33.4 Å². The van der Waals surface area contributed by atoms with Gasteiger partial charge in [-0.2, -0.15) is 0 Å². The lowest BCUT2D eigenvalue weighted by Gasteiger charge is -2.34. The van der Waals surface area contributed by atoms with E-state index in [0.29, 0.717) is 5.92 Å². The number of hydrogen-bond acceptors (Lipinski definition) is 0. The summed E-state index contributed by atoms with van der Waals surface area (Å²) in [5.41, 5.74) is 17.3. The summed E-state index contributed by atoms with van der Waals surface area (Å²) in [6.45, 7) is 0. The van der Waals surface area contributed by atoms with Gasteiger partial charge in [0.2, 0.25) is 0 Å². The fourth-order valence-corrected chi connectivity index (χ4v) is 9.37. The Morgan fingerprint density at radius 2 is 1.09 bits per heavy atom. The van der Waals surface area contributed by atoms with Gasteiger partial charge in [0.25, 0.3) is 0 Å². The number of hydrogen-bond donors (Lipinski definition) is 0. The summed E-state index contributed by atoms with van der Waals surface area (Å²) < 4.78 is 0. The molecule has 1 unspecified atom stereocenters. The summed E-state index contributed by atoms with van der Waals surface area (Å²) in [5, 5.41) is 7.72. The highest BCUT2D eigenvalue weighted by Crippen LogP contribution is 2.51. The van der Waals surface area contributed by atoms with Gasteiger partial charge in [0.15, 0.2) is 0 Å². The van der Waals surface area contributed by atoms with E-state index in [9.17, 15) is 0 Å². The second-order valence-corrected chi connectivity index (χ2v) is 14.7. The van der Waals surface area contributed by atoms with Crippen LogP contribution >= 0.6 is 0 Å². The zero-order valence-electron chi connectivity index (χ0n) is 29.8. The van der Waals surface area contributed by atoms with Crippen LogP contribution in [0.3, 0.4) is 0 Å². The molecule has 0 aromatic heterocycles. The summed E-state index contributed by atoms with van der Waals surface area (Å²) in [6.07, 6.45) is 19.3. The molecule has 0 amide bonds. The van der Waals surface area contributed by atoms with Crippen LogP contribution in [0.2, 0.25) is 0 Å². The summed E-state index contributed by atoms with van der Waals surface area (Å²) in [6, 6.07) is 55.9. The first-order valence-electron chi connectivity index (χ1n) is 19.0. The highest BCUT2D eigenvalue weighted by molar-refractivity contribution is 6.21. The van der Waals surface area contributed by atoms with Crippen LogP contribution in [-0.4, -0.2) is 0 Å². The molecule has 0 saturated carbocycles. The molecule has 3 aliphatic carbocycles. The number of fused-ring (bicyclic) bond motifs is 3. The lowest BCUT2D eigenvalue weighted by Crippen LogP contribution is -2.18. The van der Waals surface area contributed by atoms with Crippen molar-refractivity contribution >= 4 is 50.5 Å². The van der Waals surface area contributed by atoms with Gasteiger partial charge in [-0.05, 0) is 111 Å². The minimum absolute atomic E-state index is 0.329. The monoisotopic (exact) mass is 684 g/mol. The standard InChI is InChI=1S/C54H36/c1-2-11-36(12-3-1)43-32-29-37(42-15-4-5-16-44(42)43)24-21-35-22-25-40(26-23-35)52-45-17-6-8-19-47(45)54(48-20-9-7-18-46(48)52)50-34-31-41-28-27-38-13-10-14-39-30-33-49(50)53(41)51(38)39/h1-32,34,51H,33H2. The van der Waals surface area contributed by atoms with E-state index in [1.807, 2.05) is 0 Å². The number of rotatable bonds is 5. The van der Waals surface area contributed by atoms with Gasteiger partial charge < -0.3 is 0 Å². The maximum atomic E-state index is 2.46. The first-order valence-corrected chi connectivity index (χ1v) is 19.0. The summed E-state index contributed by atoms with van der Waals surface area (Å²) in [7, 11) is 0. The molecule has 1 atom stereocenters. The van der Waals surface area contributed by atoms with Crippen molar-refractivity contribution in [1.82, 2.24) is 0 Å². The Morgan fingerprint density at radius 1 is 0.444 bits per heavy atom. The van der Waals surface area contributed by atoms with Gasteiger partial charge in [-0.25, -0.2) is 0 Å². The average Bonchev–Trinajstić information content (AvgIpc) is 3.24. The van der Waals surface area contributed by atoms with E-state index in [1.165, 1.54) is 105 Å². The normalized spacial score (nSPS) is 15.5. The van der Waals surface area contributed by atoms with Crippen molar-refractivity contribution in [3.63, 3.8) is 0 Å². The molecule has 0 heteroatoms. The maximum Gasteiger partial charge on any atom is 0.0345 e. The smallest absolute Gasteiger partial charge is 0.0345 e. The fourth-order valence-electron chi connectivity index (χ4n) is 9.37. The molecule has 0 nitrogen and oxygen atoms in total. The van der Waals surface area contributed by atoms with Crippen molar-refractivity contribution in [2.24, 2.45) is 0 Å². The minimum Gasteiger partial charge on any atom is -0.0759 e. The first-order chi connectivity index (χ1) is 26.8. The second kappa shape index (κ2) is 12.4. The molecule has 0 saturated heterocycles. The molecule has 8 aromatic carbocycles. The van der Waals surface area contributed by atoms with Gasteiger partial charge in [-0.1, -0.05) is 200 Å². The van der Waals surface area contributed by atoms with Gasteiger partial charge in [0.1, 0.15) is 0 Å². The third-order valence-corrected chi connectivity index (χ3v) is 11.8. The third-order valence-electron chi connectivity index (χ3n) is 11.8. The molecule has 0 aliphatic heterocycles. The van der Waals surface area contributed by atoms with Crippen LogP contribution in [0.1, 0.15) is 33.7 Å². The predicted molar refractivity (Wildman–Crippen MR) is 231 cm³/mol. The van der Waals surface area contributed by atoms with Crippen molar-refractivity contribution in [2.45, 2.75) is 12.3 Å². The molecule has 252 valence electrons. The van der Waals surface area contributed by atoms with Crippen molar-refractivity contribution in [1.29, 1.82) is 0 Å². The van der Waals surface area contributed by atoms with Gasteiger partial charge in [-0.3, -0.25) is 0 Å². The maximum absolute atomic E-state index is 2.46. The number of benzene rings is 8. The Hall–Kier alpha value is -6.76. The van der Waals surface area contributed by atoms with Crippen LogP contribution in [0.25, 0.3) is 83.9 Å².